The van der Waals surface area contributed by atoms with Gasteiger partial charge in [0, 0.05) is 43.0 Å². The summed E-state index contributed by atoms with van der Waals surface area (Å²) in [6, 6.07) is 12.1. The first kappa shape index (κ1) is 26.9. The number of halogens is 2. The number of piperazine rings is 1. The van der Waals surface area contributed by atoms with E-state index in [1.54, 1.807) is 25.4 Å². The minimum Gasteiger partial charge on any atom is -0.480 e. The Bertz CT molecular complexity index is 1560. The molecule has 1 aromatic carbocycles. The number of rotatable bonds is 4. The summed E-state index contributed by atoms with van der Waals surface area (Å²) in [5.74, 6) is 0.0712. The molecule has 9 heteroatoms. The molecule has 7 nitrogen and oxygen atoms in total. The molecule has 3 aromatic heterocycles. The van der Waals surface area contributed by atoms with Crippen LogP contribution in [0.25, 0.3) is 22.4 Å². The molecule has 0 unspecified atom stereocenters. The molecule has 1 aliphatic heterocycles. The first-order chi connectivity index (χ1) is 18.4. The first-order valence-electron chi connectivity index (χ1n) is 12.9. The van der Waals surface area contributed by atoms with Crippen LogP contribution in [0.5, 0.6) is 5.88 Å². The summed E-state index contributed by atoms with van der Waals surface area (Å²) in [5, 5.41) is 0.0525. The van der Waals surface area contributed by atoms with Gasteiger partial charge in [0.2, 0.25) is 5.88 Å². The van der Waals surface area contributed by atoms with Gasteiger partial charge in [-0.25, -0.2) is 14.4 Å². The molecule has 0 saturated carbocycles. The third-order valence-corrected chi connectivity index (χ3v) is 7.45. The summed E-state index contributed by atoms with van der Waals surface area (Å²) in [6.07, 6.45) is 1.70. The van der Waals surface area contributed by atoms with Crippen LogP contribution in [-0.4, -0.2) is 53.1 Å². The van der Waals surface area contributed by atoms with E-state index < -0.39 is 11.4 Å². The fraction of sp³-hybridized carbons (Fsp3) is 0.367. The minimum absolute atomic E-state index is 0.0525. The van der Waals surface area contributed by atoms with Crippen molar-refractivity contribution in [2.75, 3.05) is 31.6 Å². The van der Waals surface area contributed by atoms with Crippen molar-refractivity contribution in [3.8, 4) is 17.1 Å². The number of hydrogen-bond acceptors (Lipinski definition) is 6. The van der Waals surface area contributed by atoms with Crippen LogP contribution in [-0.2, 0) is 5.41 Å². The van der Waals surface area contributed by atoms with Gasteiger partial charge >= 0.3 is 0 Å². The number of carbonyl (C=O) groups is 1. The summed E-state index contributed by atoms with van der Waals surface area (Å²) in [7, 11) is 1.60. The molecule has 5 rings (SSSR count). The van der Waals surface area contributed by atoms with Crippen molar-refractivity contribution >= 4 is 34.3 Å². The van der Waals surface area contributed by atoms with Gasteiger partial charge in [-0.3, -0.25) is 4.79 Å². The standard InChI is InChI=1S/C30H32ClFN4O3/c1-29(2,3)19-15-22(18-9-10-20(31)21(32)14-18)34-23-16-25(39-26(19)23)28(37)36-13-12-35(17-30(36,4)5)24-8-7-11-33-27(24)38-6/h7-11,14-16H,12-13,17H2,1-6H3. The highest BCUT2D eigenvalue weighted by Crippen LogP contribution is 2.37. The molecule has 0 atom stereocenters. The molecule has 1 fully saturated rings. The maximum absolute atomic E-state index is 14.2. The lowest BCUT2D eigenvalue weighted by molar-refractivity contribution is 0.0484. The zero-order valence-electron chi connectivity index (χ0n) is 23.0. The molecule has 204 valence electrons. The van der Waals surface area contributed by atoms with Gasteiger partial charge in [0.05, 0.1) is 29.1 Å². The predicted octanol–water partition coefficient (Wildman–Crippen LogP) is 6.73. The summed E-state index contributed by atoms with van der Waals surface area (Å²) < 4.78 is 25.9. The van der Waals surface area contributed by atoms with E-state index >= 15 is 0 Å². The van der Waals surface area contributed by atoms with Gasteiger partial charge in [0.15, 0.2) is 11.3 Å². The third kappa shape index (κ3) is 5.05. The number of amides is 1. The topological polar surface area (TPSA) is 71.7 Å². The lowest BCUT2D eigenvalue weighted by Gasteiger charge is -2.47. The number of carbonyl (C=O) groups excluding carboxylic acids is 1. The number of furan rings is 1. The number of fused-ring (bicyclic) bond motifs is 1. The van der Waals surface area contributed by atoms with Gasteiger partial charge < -0.3 is 19.0 Å². The maximum atomic E-state index is 14.2. The third-order valence-electron chi connectivity index (χ3n) is 7.15. The highest BCUT2D eigenvalue weighted by molar-refractivity contribution is 6.30. The monoisotopic (exact) mass is 550 g/mol. The summed E-state index contributed by atoms with van der Waals surface area (Å²) >= 11 is 5.90. The number of anilines is 1. The largest absolute Gasteiger partial charge is 0.480 e. The molecule has 1 saturated heterocycles. The summed E-state index contributed by atoms with van der Waals surface area (Å²) in [5.41, 5.74) is 3.25. The number of nitrogens with zero attached hydrogens (tertiary/aromatic N) is 4. The Balaban J connectivity index is 1.49. The molecule has 1 amide bonds. The normalized spacial score (nSPS) is 15.6. The van der Waals surface area contributed by atoms with Crippen LogP contribution in [0.15, 0.2) is 53.1 Å². The number of benzene rings is 1. The molecule has 0 spiro atoms. The number of pyridine rings is 2. The average molecular weight is 551 g/mol. The predicted molar refractivity (Wildman–Crippen MR) is 151 cm³/mol. The number of ether oxygens (including phenoxy) is 1. The van der Waals surface area contributed by atoms with Crippen molar-refractivity contribution in [2.24, 2.45) is 0 Å². The van der Waals surface area contributed by atoms with Crippen LogP contribution in [0.1, 0.15) is 50.7 Å². The maximum Gasteiger partial charge on any atom is 0.290 e. The second kappa shape index (κ2) is 9.83. The second-order valence-electron chi connectivity index (χ2n) is 11.5. The van der Waals surface area contributed by atoms with Gasteiger partial charge in [-0.05, 0) is 49.6 Å². The van der Waals surface area contributed by atoms with Crippen LogP contribution in [0, 0.1) is 5.82 Å². The smallest absolute Gasteiger partial charge is 0.290 e. The zero-order valence-corrected chi connectivity index (χ0v) is 23.8. The van der Waals surface area contributed by atoms with Gasteiger partial charge in [0.1, 0.15) is 11.3 Å². The Hall–Kier alpha value is -3.65. The molecule has 1 aliphatic rings. The van der Waals surface area contributed by atoms with E-state index in [0.29, 0.717) is 47.9 Å². The van der Waals surface area contributed by atoms with Crippen molar-refractivity contribution in [1.29, 1.82) is 0 Å². The molecular formula is C30H32ClFN4O3. The van der Waals surface area contributed by atoms with Crippen molar-refractivity contribution in [3.05, 3.63) is 70.8 Å². The molecular weight excluding hydrogens is 519 g/mol. The summed E-state index contributed by atoms with van der Waals surface area (Å²) in [4.78, 5) is 26.9. The Morgan fingerprint density at radius 1 is 1.15 bits per heavy atom. The van der Waals surface area contributed by atoms with Gasteiger partial charge in [-0.15, -0.1) is 0 Å². The van der Waals surface area contributed by atoms with E-state index in [1.807, 2.05) is 36.9 Å². The fourth-order valence-corrected chi connectivity index (χ4v) is 5.26. The molecule has 4 heterocycles. The van der Waals surface area contributed by atoms with Crippen LogP contribution >= 0.6 is 11.6 Å². The zero-order chi connectivity index (χ0) is 28.1. The van der Waals surface area contributed by atoms with Gasteiger partial charge in [0.25, 0.3) is 5.91 Å². The van der Waals surface area contributed by atoms with Crippen molar-refractivity contribution in [3.63, 3.8) is 0 Å². The quantitative estimate of drug-likeness (QED) is 0.280. The van der Waals surface area contributed by atoms with E-state index in [-0.39, 0.29) is 22.1 Å². The highest BCUT2D eigenvalue weighted by Gasteiger charge is 2.39. The molecule has 0 aliphatic carbocycles. The number of methoxy groups -OCH3 is 1. The molecule has 39 heavy (non-hydrogen) atoms. The fourth-order valence-electron chi connectivity index (χ4n) is 5.14. The van der Waals surface area contributed by atoms with Crippen molar-refractivity contribution < 1.29 is 18.3 Å². The van der Waals surface area contributed by atoms with E-state index in [2.05, 4.69) is 30.7 Å². The van der Waals surface area contributed by atoms with Crippen molar-refractivity contribution in [2.45, 2.75) is 45.6 Å². The van der Waals surface area contributed by atoms with Crippen LogP contribution in [0.4, 0.5) is 10.1 Å². The molecule has 4 aromatic rings. The SMILES string of the molecule is COc1ncccc1N1CCN(C(=O)c2cc3nc(-c4ccc(Cl)c(F)c4)cc(C(C)(C)C)c3o2)C(C)(C)C1. The van der Waals surface area contributed by atoms with Gasteiger partial charge in [-0.1, -0.05) is 38.4 Å². The average Bonchev–Trinajstić information content (AvgIpc) is 3.32. The molecule has 0 radical (unpaired) electrons. The first-order valence-corrected chi connectivity index (χ1v) is 13.2. The van der Waals surface area contributed by atoms with Gasteiger partial charge in [-0.2, -0.15) is 0 Å². The lowest BCUT2D eigenvalue weighted by Crippen LogP contribution is -2.61. The minimum atomic E-state index is -0.512. The Kier molecular flexibility index (Phi) is 6.79. The Labute approximate surface area is 232 Å². The highest BCUT2D eigenvalue weighted by atomic mass is 35.5. The number of aromatic nitrogens is 2. The Morgan fingerprint density at radius 3 is 2.59 bits per heavy atom. The van der Waals surface area contributed by atoms with E-state index in [4.69, 9.17) is 25.7 Å². The van der Waals surface area contributed by atoms with Crippen LogP contribution < -0.4 is 9.64 Å². The van der Waals surface area contributed by atoms with Crippen LogP contribution in [0.3, 0.4) is 0 Å². The summed E-state index contributed by atoms with van der Waals surface area (Å²) in [6.45, 7) is 12.0. The van der Waals surface area contributed by atoms with E-state index in [1.165, 1.54) is 12.1 Å². The second-order valence-corrected chi connectivity index (χ2v) is 11.9. The molecule has 0 N–H and O–H groups in total. The van der Waals surface area contributed by atoms with Crippen LogP contribution in [0.2, 0.25) is 5.02 Å². The van der Waals surface area contributed by atoms with Crippen molar-refractivity contribution in [1.82, 2.24) is 14.9 Å². The lowest BCUT2D eigenvalue weighted by atomic mass is 9.86. The number of hydrogen-bond donors (Lipinski definition) is 0. The van der Waals surface area contributed by atoms with E-state index in [0.717, 1.165) is 11.3 Å². The Morgan fingerprint density at radius 2 is 1.92 bits per heavy atom. The van der Waals surface area contributed by atoms with E-state index in [9.17, 15) is 9.18 Å². The molecule has 0 bridgehead atoms.